The van der Waals surface area contributed by atoms with Gasteiger partial charge in [0.2, 0.25) is 11.6 Å². The van der Waals surface area contributed by atoms with Crippen molar-refractivity contribution in [2.75, 3.05) is 5.73 Å². The Morgan fingerprint density at radius 2 is 1.92 bits per heavy atom. The first-order valence-electron chi connectivity index (χ1n) is 3.64. The van der Waals surface area contributed by atoms with Crippen LogP contribution in [-0.2, 0) is 0 Å². The summed E-state index contributed by atoms with van der Waals surface area (Å²) in [7, 11) is 0. The minimum absolute atomic E-state index is 0.0131. The van der Waals surface area contributed by atoms with Gasteiger partial charge in [0.25, 0.3) is 0 Å². The molecule has 6 heteroatoms. The number of nitrogens with zero attached hydrogens (tertiary/aromatic N) is 4. The van der Waals surface area contributed by atoms with Crippen LogP contribution in [0.15, 0.2) is 16.9 Å². The molecule has 0 aliphatic heterocycles. The van der Waals surface area contributed by atoms with Gasteiger partial charge in [0.05, 0.1) is 0 Å². The largest absolute Gasteiger partial charge is 0.351 e. The lowest BCUT2D eigenvalue weighted by molar-refractivity contribution is 0.436. The van der Waals surface area contributed by atoms with Crippen molar-refractivity contribution in [1.29, 1.82) is 0 Å². The van der Waals surface area contributed by atoms with E-state index in [1.54, 1.807) is 12.4 Å². The maximum Gasteiger partial charge on any atom is 0.319 e. The smallest absolute Gasteiger partial charge is 0.319 e. The zero-order valence-corrected chi connectivity index (χ0v) is 6.93. The van der Waals surface area contributed by atoms with E-state index in [9.17, 15) is 0 Å². The lowest BCUT2D eigenvalue weighted by atomic mass is 10.4. The summed E-state index contributed by atoms with van der Waals surface area (Å²) in [5, 5.41) is 3.58. The number of hydrogen-bond donors (Lipinski definition) is 1. The first-order valence-corrected chi connectivity index (χ1v) is 3.64. The van der Waals surface area contributed by atoms with Gasteiger partial charge < -0.3 is 10.3 Å². The van der Waals surface area contributed by atoms with Gasteiger partial charge in [-0.3, -0.25) is 0 Å². The molecule has 0 saturated carbocycles. The van der Waals surface area contributed by atoms with Crippen molar-refractivity contribution in [1.82, 2.24) is 20.1 Å². The fourth-order valence-corrected chi connectivity index (χ4v) is 0.834. The molecule has 2 N–H and O–H groups in total. The third kappa shape index (κ3) is 1.46. The Morgan fingerprint density at radius 1 is 1.23 bits per heavy atom. The summed E-state index contributed by atoms with van der Waals surface area (Å²) in [5.41, 5.74) is 6.22. The Hall–Kier alpha value is -1.98. The standard InChI is InChI=1S/C7H7N5O/c1-4-2-9-5(10-3-4)6-11-7(8)13-12-6/h2-3H,1H3,(H2,8,11,12). The van der Waals surface area contributed by atoms with E-state index in [-0.39, 0.29) is 6.01 Å². The van der Waals surface area contributed by atoms with E-state index < -0.39 is 0 Å². The molecule has 0 spiro atoms. The molecule has 2 rings (SSSR count). The van der Waals surface area contributed by atoms with Crippen LogP contribution in [0.5, 0.6) is 0 Å². The number of nitrogen functional groups attached to an aromatic ring is 1. The quantitative estimate of drug-likeness (QED) is 0.678. The van der Waals surface area contributed by atoms with Crippen LogP contribution in [-0.4, -0.2) is 20.1 Å². The molecule has 0 aliphatic rings. The SMILES string of the molecule is Cc1cnc(-c2noc(N)n2)nc1. The maximum atomic E-state index is 5.25. The molecular weight excluding hydrogens is 170 g/mol. The van der Waals surface area contributed by atoms with Crippen molar-refractivity contribution in [2.45, 2.75) is 6.92 Å². The van der Waals surface area contributed by atoms with Crippen LogP contribution >= 0.6 is 0 Å². The first-order chi connectivity index (χ1) is 6.25. The van der Waals surface area contributed by atoms with Gasteiger partial charge in [-0.15, -0.1) is 0 Å². The zero-order valence-electron chi connectivity index (χ0n) is 6.93. The Labute approximate surface area is 73.8 Å². The second-order valence-electron chi connectivity index (χ2n) is 2.54. The second-order valence-corrected chi connectivity index (χ2v) is 2.54. The molecule has 0 saturated heterocycles. The molecule has 6 nitrogen and oxygen atoms in total. The number of anilines is 1. The molecule has 0 fully saturated rings. The lowest BCUT2D eigenvalue weighted by Gasteiger charge is -1.91. The van der Waals surface area contributed by atoms with Crippen molar-refractivity contribution in [3.63, 3.8) is 0 Å². The number of nitrogens with two attached hydrogens (primary N) is 1. The molecule has 0 atom stereocenters. The first kappa shape index (κ1) is 7.66. The molecule has 0 amide bonds. The van der Waals surface area contributed by atoms with Gasteiger partial charge in [0.15, 0.2) is 0 Å². The highest BCUT2D eigenvalue weighted by Crippen LogP contribution is 2.10. The highest BCUT2D eigenvalue weighted by atomic mass is 16.5. The fourth-order valence-electron chi connectivity index (χ4n) is 0.834. The maximum absolute atomic E-state index is 5.25. The number of hydrogen-bond acceptors (Lipinski definition) is 6. The second kappa shape index (κ2) is 2.81. The monoisotopic (exact) mass is 177 g/mol. The average molecular weight is 177 g/mol. The van der Waals surface area contributed by atoms with Crippen molar-refractivity contribution in [2.24, 2.45) is 0 Å². The molecule has 0 aromatic carbocycles. The number of rotatable bonds is 1. The highest BCUT2D eigenvalue weighted by Gasteiger charge is 2.07. The topological polar surface area (TPSA) is 90.7 Å². The van der Waals surface area contributed by atoms with Crippen molar-refractivity contribution in [3.05, 3.63) is 18.0 Å². The summed E-state index contributed by atoms with van der Waals surface area (Å²) >= 11 is 0. The summed E-state index contributed by atoms with van der Waals surface area (Å²) in [4.78, 5) is 11.8. The summed E-state index contributed by atoms with van der Waals surface area (Å²) in [6, 6.07) is 0.0131. The predicted octanol–water partition coefficient (Wildman–Crippen LogP) is 0.417. The molecule has 2 aromatic rings. The number of aromatic nitrogens is 4. The molecule has 0 aliphatic carbocycles. The average Bonchev–Trinajstić information content (AvgIpc) is 2.53. The molecule has 0 unspecified atom stereocenters. The van der Waals surface area contributed by atoms with Crippen molar-refractivity contribution in [3.8, 4) is 11.6 Å². The van der Waals surface area contributed by atoms with Crippen LogP contribution in [0.25, 0.3) is 11.6 Å². The van der Waals surface area contributed by atoms with Crippen molar-refractivity contribution >= 4 is 6.01 Å². The molecule has 0 radical (unpaired) electrons. The number of aryl methyl sites for hydroxylation is 1. The Balaban J connectivity index is 2.41. The van der Waals surface area contributed by atoms with Crippen LogP contribution in [0.4, 0.5) is 6.01 Å². The van der Waals surface area contributed by atoms with Gasteiger partial charge in [-0.1, -0.05) is 5.16 Å². The Morgan fingerprint density at radius 3 is 2.46 bits per heavy atom. The van der Waals surface area contributed by atoms with E-state index in [1.807, 2.05) is 6.92 Å². The minimum atomic E-state index is 0.0131. The third-order valence-corrected chi connectivity index (χ3v) is 1.42. The minimum Gasteiger partial charge on any atom is -0.351 e. The van der Waals surface area contributed by atoms with Crippen molar-refractivity contribution < 1.29 is 4.52 Å². The Bertz CT molecular complexity index is 407. The Kier molecular flexibility index (Phi) is 1.66. The fraction of sp³-hybridized carbons (Fsp3) is 0.143. The molecule has 66 valence electrons. The van der Waals surface area contributed by atoms with Crippen LogP contribution < -0.4 is 5.73 Å². The van der Waals surface area contributed by atoms with E-state index in [0.29, 0.717) is 11.6 Å². The van der Waals surface area contributed by atoms with E-state index in [0.717, 1.165) is 5.56 Å². The molecule has 0 bridgehead atoms. The van der Waals surface area contributed by atoms with Crippen LogP contribution in [0.1, 0.15) is 5.56 Å². The molecule has 2 aromatic heterocycles. The van der Waals surface area contributed by atoms with E-state index in [4.69, 9.17) is 5.73 Å². The van der Waals surface area contributed by atoms with Gasteiger partial charge in [-0.05, 0) is 12.5 Å². The molecule has 2 heterocycles. The molecular formula is C7H7N5O. The van der Waals surface area contributed by atoms with Crippen LogP contribution in [0.2, 0.25) is 0 Å². The zero-order chi connectivity index (χ0) is 9.26. The summed E-state index contributed by atoms with van der Waals surface area (Å²) in [6.45, 7) is 1.90. The van der Waals surface area contributed by atoms with Crippen LogP contribution in [0.3, 0.4) is 0 Å². The normalized spacial score (nSPS) is 10.2. The van der Waals surface area contributed by atoms with Gasteiger partial charge in [-0.25, -0.2) is 9.97 Å². The van der Waals surface area contributed by atoms with E-state index >= 15 is 0 Å². The summed E-state index contributed by atoms with van der Waals surface area (Å²) in [6.07, 6.45) is 3.35. The van der Waals surface area contributed by atoms with Gasteiger partial charge in [-0.2, -0.15) is 4.98 Å². The summed E-state index contributed by atoms with van der Waals surface area (Å²) < 4.78 is 4.59. The van der Waals surface area contributed by atoms with Gasteiger partial charge in [0, 0.05) is 12.4 Å². The van der Waals surface area contributed by atoms with Gasteiger partial charge >= 0.3 is 6.01 Å². The lowest BCUT2D eigenvalue weighted by Crippen LogP contribution is -1.91. The summed E-state index contributed by atoms with van der Waals surface area (Å²) in [5.74, 6) is 0.712. The van der Waals surface area contributed by atoms with Gasteiger partial charge in [0.1, 0.15) is 0 Å². The third-order valence-electron chi connectivity index (χ3n) is 1.42. The van der Waals surface area contributed by atoms with Crippen LogP contribution in [0, 0.1) is 6.92 Å². The van der Waals surface area contributed by atoms with E-state index in [2.05, 4.69) is 24.6 Å². The molecule has 13 heavy (non-hydrogen) atoms. The highest BCUT2D eigenvalue weighted by molar-refractivity contribution is 5.42. The predicted molar refractivity (Wildman–Crippen MR) is 44.5 cm³/mol. The van der Waals surface area contributed by atoms with E-state index in [1.165, 1.54) is 0 Å².